The van der Waals surface area contributed by atoms with Crippen LogP contribution >= 0.6 is 22.9 Å². The van der Waals surface area contributed by atoms with Gasteiger partial charge >= 0.3 is 0 Å². The summed E-state index contributed by atoms with van der Waals surface area (Å²) in [6.07, 6.45) is 2.31. The summed E-state index contributed by atoms with van der Waals surface area (Å²) >= 11 is 7.98. The first kappa shape index (κ1) is 26.3. The zero-order valence-electron chi connectivity index (χ0n) is 20.5. The Kier molecular flexibility index (Phi) is 9.13. The van der Waals surface area contributed by atoms with Gasteiger partial charge in [0.1, 0.15) is 12.4 Å². The van der Waals surface area contributed by atoms with E-state index in [2.05, 4.69) is 4.90 Å². The molecule has 0 saturated carbocycles. The first-order valence-corrected chi connectivity index (χ1v) is 13.4. The van der Waals surface area contributed by atoms with E-state index in [-0.39, 0.29) is 24.2 Å². The molecule has 3 aromatic rings. The summed E-state index contributed by atoms with van der Waals surface area (Å²) < 4.78 is 13.5. The molecule has 0 N–H and O–H groups in total. The van der Waals surface area contributed by atoms with E-state index in [0.717, 1.165) is 36.4 Å². The molecule has 0 unspecified atom stereocenters. The van der Waals surface area contributed by atoms with Crippen molar-refractivity contribution in [2.75, 3.05) is 32.7 Å². The number of hydrogen-bond acceptors (Lipinski definition) is 4. The molecule has 2 amide bonds. The number of hydrogen-bond donors (Lipinski definition) is 0. The summed E-state index contributed by atoms with van der Waals surface area (Å²) in [4.78, 5) is 35.1. The number of likely N-dealkylation sites (tertiary alicyclic amines) is 1. The largest absolute Gasteiger partial charge is 0.332 e. The topological polar surface area (TPSA) is 43.9 Å². The van der Waals surface area contributed by atoms with Gasteiger partial charge in [-0.3, -0.25) is 9.59 Å². The van der Waals surface area contributed by atoms with Gasteiger partial charge in [0.15, 0.2) is 0 Å². The fraction of sp³-hybridized carbons (Fsp3) is 0.357. The lowest BCUT2D eigenvalue weighted by atomic mass is 10.2. The van der Waals surface area contributed by atoms with E-state index in [4.69, 9.17) is 11.6 Å². The third-order valence-corrected chi connectivity index (χ3v) is 7.70. The van der Waals surface area contributed by atoms with Gasteiger partial charge in [-0.15, -0.1) is 11.3 Å². The van der Waals surface area contributed by atoms with Gasteiger partial charge in [-0.2, -0.15) is 0 Å². The van der Waals surface area contributed by atoms with Crippen LogP contribution in [0.1, 0.15) is 38.5 Å². The Hall–Kier alpha value is -2.74. The fourth-order valence-corrected chi connectivity index (χ4v) is 5.51. The Balaban J connectivity index is 1.54. The van der Waals surface area contributed by atoms with Crippen molar-refractivity contribution < 1.29 is 14.0 Å². The van der Waals surface area contributed by atoms with Crippen molar-refractivity contribution in [3.8, 4) is 0 Å². The van der Waals surface area contributed by atoms with Gasteiger partial charge in [0.2, 0.25) is 5.91 Å². The van der Waals surface area contributed by atoms with Crippen LogP contribution in [0.3, 0.4) is 0 Å². The molecule has 1 saturated heterocycles. The molecule has 1 aliphatic rings. The average Bonchev–Trinajstić information content (AvgIpc) is 3.54. The van der Waals surface area contributed by atoms with Crippen molar-refractivity contribution in [2.24, 2.45) is 0 Å². The third-order valence-electron chi connectivity index (χ3n) is 6.38. The molecule has 1 aromatic heterocycles. The molecule has 0 spiro atoms. The molecule has 0 aliphatic carbocycles. The molecular weight excluding hydrogens is 497 g/mol. The van der Waals surface area contributed by atoms with E-state index in [9.17, 15) is 14.0 Å². The summed E-state index contributed by atoms with van der Waals surface area (Å²) in [6, 6.07) is 17.2. The van der Waals surface area contributed by atoms with E-state index in [1.807, 2.05) is 19.1 Å². The summed E-state index contributed by atoms with van der Waals surface area (Å²) in [6.45, 7) is 5.91. The van der Waals surface area contributed by atoms with Gasteiger partial charge in [-0.1, -0.05) is 35.9 Å². The molecule has 8 heteroatoms. The van der Waals surface area contributed by atoms with Crippen molar-refractivity contribution in [1.29, 1.82) is 0 Å². The Morgan fingerprint density at radius 1 is 0.972 bits per heavy atom. The molecule has 1 fully saturated rings. The van der Waals surface area contributed by atoms with Crippen LogP contribution < -0.4 is 0 Å². The lowest BCUT2D eigenvalue weighted by Crippen LogP contribution is -2.45. The molecule has 4 rings (SSSR count). The highest BCUT2D eigenvalue weighted by Gasteiger charge is 2.25. The maximum absolute atomic E-state index is 13.7. The van der Waals surface area contributed by atoms with Crippen LogP contribution in [0.2, 0.25) is 5.02 Å². The summed E-state index contributed by atoms with van der Waals surface area (Å²) in [7, 11) is 0. The van der Waals surface area contributed by atoms with E-state index in [0.29, 0.717) is 36.8 Å². The smallest absolute Gasteiger partial charge is 0.255 e. The number of amides is 2. The van der Waals surface area contributed by atoms with Crippen molar-refractivity contribution in [3.05, 3.63) is 92.4 Å². The number of carbonyl (C=O) groups excluding carboxylic acids is 2. The van der Waals surface area contributed by atoms with Crippen LogP contribution in [-0.4, -0.2) is 59.2 Å². The number of aryl methyl sites for hydroxylation is 1. The van der Waals surface area contributed by atoms with Gasteiger partial charge in [0, 0.05) is 29.4 Å². The van der Waals surface area contributed by atoms with Crippen molar-refractivity contribution >= 4 is 34.8 Å². The van der Waals surface area contributed by atoms with Gasteiger partial charge in [0.05, 0.1) is 17.1 Å². The van der Waals surface area contributed by atoms with Gasteiger partial charge in [0.25, 0.3) is 5.91 Å². The maximum atomic E-state index is 13.7. The predicted molar refractivity (Wildman–Crippen MR) is 143 cm³/mol. The van der Waals surface area contributed by atoms with Crippen LogP contribution in [0.15, 0.2) is 60.7 Å². The van der Waals surface area contributed by atoms with E-state index < -0.39 is 0 Å². The highest BCUT2D eigenvalue weighted by Crippen LogP contribution is 2.21. The van der Waals surface area contributed by atoms with Crippen LogP contribution in [0.4, 0.5) is 4.39 Å². The predicted octanol–water partition coefficient (Wildman–Crippen LogP) is 5.62. The Labute approximate surface area is 221 Å². The minimum atomic E-state index is -0.316. The number of carbonyl (C=O) groups is 2. The van der Waals surface area contributed by atoms with Crippen molar-refractivity contribution in [3.63, 3.8) is 0 Å². The number of rotatable bonds is 10. The van der Waals surface area contributed by atoms with Crippen LogP contribution in [0.5, 0.6) is 0 Å². The number of thiophene rings is 1. The molecule has 2 aromatic carbocycles. The Morgan fingerprint density at radius 2 is 1.69 bits per heavy atom. The van der Waals surface area contributed by atoms with E-state index in [1.165, 1.54) is 17.0 Å². The van der Waals surface area contributed by atoms with Crippen LogP contribution in [0, 0.1) is 12.7 Å². The molecule has 0 bridgehead atoms. The zero-order chi connectivity index (χ0) is 25.5. The number of halogens is 2. The van der Waals surface area contributed by atoms with Gasteiger partial charge < -0.3 is 14.7 Å². The SMILES string of the molecule is Cc1ccc(CN(Cc2ccc(F)cc2)C(=O)CN(CCN2CCCC2)C(=O)c2ccccc2Cl)s1. The first-order chi connectivity index (χ1) is 17.4. The molecule has 36 heavy (non-hydrogen) atoms. The average molecular weight is 528 g/mol. The second-order valence-electron chi connectivity index (χ2n) is 9.14. The minimum Gasteiger partial charge on any atom is -0.332 e. The number of benzene rings is 2. The zero-order valence-corrected chi connectivity index (χ0v) is 22.0. The second kappa shape index (κ2) is 12.5. The highest BCUT2D eigenvalue weighted by molar-refractivity contribution is 7.11. The molecule has 2 heterocycles. The van der Waals surface area contributed by atoms with Crippen LogP contribution in [-0.2, 0) is 17.9 Å². The Morgan fingerprint density at radius 3 is 2.36 bits per heavy atom. The Bertz CT molecular complexity index is 1180. The molecule has 5 nitrogen and oxygen atoms in total. The second-order valence-corrected chi connectivity index (χ2v) is 10.9. The summed E-state index contributed by atoms with van der Waals surface area (Å²) in [5, 5.41) is 0.373. The van der Waals surface area contributed by atoms with Gasteiger partial charge in [-0.05, 0) is 74.8 Å². The monoisotopic (exact) mass is 527 g/mol. The van der Waals surface area contributed by atoms with Crippen molar-refractivity contribution in [2.45, 2.75) is 32.9 Å². The van der Waals surface area contributed by atoms with E-state index >= 15 is 0 Å². The van der Waals surface area contributed by atoms with Crippen molar-refractivity contribution in [1.82, 2.24) is 14.7 Å². The third kappa shape index (κ3) is 7.15. The van der Waals surface area contributed by atoms with Gasteiger partial charge in [-0.25, -0.2) is 4.39 Å². The highest BCUT2D eigenvalue weighted by atomic mass is 35.5. The lowest BCUT2D eigenvalue weighted by Gasteiger charge is -2.29. The summed E-state index contributed by atoms with van der Waals surface area (Å²) in [5.74, 6) is -0.724. The quantitative estimate of drug-likeness (QED) is 0.344. The normalized spacial score (nSPS) is 13.6. The molecule has 0 atom stereocenters. The molecule has 1 aliphatic heterocycles. The molecule has 190 valence electrons. The van der Waals surface area contributed by atoms with E-state index in [1.54, 1.807) is 57.5 Å². The molecule has 0 radical (unpaired) electrons. The molecular formula is C28H31ClFN3O2S. The minimum absolute atomic E-state index is 0.0521. The fourth-order valence-electron chi connectivity index (χ4n) is 4.39. The lowest BCUT2D eigenvalue weighted by molar-refractivity contribution is -0.133. The standard InChI is InChI=1S/C28H31ClFN3O2S/c1-21-8-13-24(36-21)19-33(18-22-9-11-23(30)12-10-22)27(34)20-32(17-16-31-14-4-5-15-31)28(35)25-6-2-3-7-26(25)29/h2-3,6-13H,4-5,14-20H2,1H3. The first-order valence-electron chi connectivity index (χ1n) is 12.2. The number of nitrogens with zero attached hydrogens (tertiary/aromatic N) is 3. The van der Waals surface area contributed by atoms with Crippen LogP contribution in [0.25, 0.3) is 0 Å². The maximum Gasteiger partial charge on any atom is 0.255 e. The summed E-state index contributed by atoms with van der Waals surface area (Å²) in [5.41, 5.74) is 1.23.